The largest absolute Gasteiger partial charge is 0.457 e. The van der Waals surface area contributed by atoms with Gasteiger partial charge in [0, 0.05) is 5.46 Å². The molecule has 7 rings (SSSR count). The normalized spacial score (nSPS) is 12.1. The second-order valence-corrected chi connectivity index (χ2v) is 9.14. The molecule has 0 amide bonds. The van der Waals surface area contributed by atoms with Gasteiger partial charge in [0.15, 0.2) is 0 Å². The lowest BCUT2D eigenvalue weighted by Gasteiger charge is -2.34. The van der Waals surface area contributed by atoms with Crippen LogP contribution in [0.25, 0.3) is 22.3 Å². The molecule has 0 N–H and O–H groups in total. The highest BCUT2D eigenvalue weighted by Crippen LogP contribution is 2.39. The molecular formula is C32H17BN2O2. The minimum absolute atomic E-state index is 0.259. The summed E-state index contributed by atoms with van der Waals surface area (Å²) in [6, 6.07) is 38.7. The van der Waals surface area contributed by atoms with Crippen LogP contribution in [-0.4, -0.2) is 6.71 Å². The maximum absolute atomic E-state index is 9.93. The molecule has 0 aliphatic carbocycles. The Labute approximate surface area is 214 Å². The van der Waals surface area contributed by atoms with Gasteiger partial charge >= 0.3 is 0 Å². The number of fused-ring (bicyclic) bond motifs is 4. The van der Waals surface area contributed by atoms with E-state index in [-0.39, 0.29) is 6.71 Å². The summed E-state index contributed by atoms with van der Waals surface area (Å²) in [5.41, 5.74) is 7.66. The molecule has 5 aromatic rings. The second-order valence-electron chi connectivity index (χ2n) is 9.14. The fourth-order valence-corrected chi connectivity index (χ4v) is 5.37. The Morgan fingerprint density at radius 2 is 0.973 bits per heavy atom. The van der Waals surface area contributed by atoms with Gasteiger partial charge in [-0.1, -0.05) is 84.9 Å². The Morgan fingerprint density at radius 3 is 1.41 bits per heavy atom. The fourth-order valence-electron chi connectivity index (χ4n) is 5.37. The van der Waals surface area contributed by atoms with E-state index in [0.717, 1.165) is 38.6 Å². The molecule has 0 spiro atoms. The molecule has 170 valence electrons. The fraction of sp³-hybridized carbons (Fsp3) is 0. The Balaban J connectivity index is 1.52. The summed E-state index contributed by atoms with van der Waals surface area (Å²) in [5, 5.41) is 19.9. The van der Waals surface area contributed by atoms with Crippen LogP contribution >= 0.6 is 0 Å². The van der Waals surface area contributed by atoms with E-state index < -0.39 is 0 Å². The molecule has 5 aromatic carbocycles. The smallest absolute Gasteiger partial charge is 0.260 e. The Bertz CT molecular complexity index is 1670. The minimum Gasteiger partial charge on any atom is -0.457 e. The topological polar surface area (TPSA) is 66.0 Å². The zero-order valence-electron chi connectivity index (χ0n) is 19.6. The first-order valence-corrected chi connectivity index (χ1v) is 12.0. The van der Waals surface area contributed by atoms with Gasteiger partial charge in [-0.25, -0.2) is 0 Å². The van der Waals surface area contributed by atoms with Crippen molar-refractivity contribution in [3.63, 3.8) is 0 Å². The van der Waals surface area contributed by atoms with Gasteiger partial charge in [-0.15, -0.1) is 0 Å². The van der Waals surface area contributed by atoms with Crippen molar-refractivity contribution in [1.82, 2.24) is 0 Å². The van der Waals surface area contributed by atoms with E-state index in [1.54, 1.807) is 6.07 Å². The Hall–Kier alpha value is -5.26. The number of ether oxygens (including phenoxy) is 2. The summed E-state index contributed by atoms with van der Waals surface area (Å²) in [4.78, 5) is 0. The van der Waals surface area contributed by atoms with Gasteiger partial charge in [-0.2, -0.15) is 10.5 Å². The van der Waals surface area contributed by atoms with E-state index in [2.05, 4.69) is 48.5 Å². The van der Waals surface area contributed by atoms with Crippen molar-refractivity contribution in [3.8, 4) is 57.4 Å². The third kappa shape index (κ3) is 3.23. The molecule has 0 bridgehead atoms. The number of nitriles is 2. The minimum atomic E-state index is -0.259. The zero-order chi connectivity index (χ0) is 24.9. The van der Waals surface area contributed by atoms with Crippen molar-refractivity contribution in [3.05, 3.63) is 114 Å². The van der Waals surface area contributed by atoms with E-state index >= 15 is 0 Å². The quantitative estimate of drug-likeness (QED) is 0.312. The highest BCUT2D eigenvalue weighted by atomic mass is 16.5. The molecule has 0 saturated heterocycles. The number of rotatable bonds is 2. The number of benzene rings is 5. The maximum atomic E-state index is 9.93. The van der Waals surface area contributed by atoms with Crippen LogP contribution in [0.5, 0.6) is 23.0 Å². The van der Waals surface area contributed by atoms with Crippen molar-refractivity contribution in [2.45, 2.75) is 0 Å². The van der Waals surface area contributed by atoms with Crippen LogP contribution in [0.1, 0.15) is 11.1 Å². The number of nitrogens with zero attached hydrogens (tertiary/aromatic N) is 2. The maximum Gasteiger partial charge on any atom is 0.260 e. The molecule has 0 aromatic heterocycles. The van der Waals surface area contributed by atoms with Crippen LogP contribution in [0.2, 0.25) is 0 Å². The van der Waals surface area contributed by atoms with Gasteiger partial charge < -0.3 is 9.47 Å². The average Bonchev–Trinajstić information content (AvgIpc) is 2.97. The highest BCUT2D eigenvalue weighted by molar-refractivity contribution is 6.98. The number of hydrogen-bond acceptors (Lipinski definition) is 4. The first-order chi connectivity index (χ1) is 18.2. The molecular weight excluding hydrogens is 455 g/mol. The second kappa shape index (κ2) is 8.16. The van der Waals surface area contributed by atoms with Crippen molar-refractivity contribution in [1.29, 1.82) is 10.5 Å². The van der Waals surface area contributed by atoms with Crippen molar-refractivity contribution >= 4 is 23.1 Å². The van der Waals surface area contributed by atoms with Crippen molar-refractivity contribution < 1.29 is 9.47 Å². The van der Waals surface area contributed by atoms with E-state index in [1.165, 1.54) is 0 Å². The summed E-state index contributed by atoms with van der Waals surface area (Å²) in [6.45, 7) is -0.259. The monoisotopic (exact) mass is 472 g/mol. The van der Waals surface area contributed by atoms with Crippen LogP contribution < -0.4 is 25.9 Å². The molecule has 0 atom stereocenters. The molecule has 37 heavy (non-hydrogen) atoms. The molecule has 5 heteroatoms. The summed E-state index contributed by atoms with van der Waals surface area (Å²) in [6.07, 6.45) is 0. The average molecular weight is 472 g/mol. The van der Waals surface area contributed by atoms with Gasteiger partial charge in [0.25, 0.3) is 6.71 Å². The predicted octanol–water partition coefficient (Wildman–Crippen LogP) is 5.49. The molecule has 2 aliphatic heterocycles. The van der Waals surface area contributed by atoms with Crippen LogP contribution in [0.3, 0.4) is 0 Å². The lowest BCUT2D eigenvalue weighted by atomic mass is 9.34. The molecule has 2 heterocycles. The summed E-state index contributed by atoms with van der Waals surface area (Å²) in [5.74, 6) is 2.30. The lowest BCUT2D eigenvalue weighted by Crippen LogP contribution is -2.57. The van der Waals surface area contributed by atoms with Crippen molar-refractivity contribution in [2.24, 2.45) is 0 Å². The molecule has 0 saturated carbocycles. The van der Waals surface area contributed by atoms with Crippen LogP contribution in [0.4, 0.5) is 0 Å². The first-order valence-electron chi connectivity index (χ1n) is 12.0. The Morgan fingerprint density at radius 1 is 0.514 bits per heavy atom. The van der Waals surface area contributed by atoms with Gasteiger partial charge in [0.2, 0.25) is 0 Å². The third-order valence-corrected chi connectivity index (χ3v) is 7.08. The summed E-state index contributed by atoms with van der Waals surface area (Å²) in [7, 11) is 0. The van der Waals surface area contributed by atoms with E-state index in [4.69, 9.17) is 9.47 Å². The van der Waals surface area contributed by atoms with E-state index in [1.807, 2.05) is 60.7 Å². The van der Waals surface area contributed by atoms with Crippen molar-refractivity contribution in [2.75, 3.05) is 0 Å². The molecule has 0 fully saturated rings. The zero-order valence-corrected chi connectivity index (χ0v) is 19.6. The van der Waals surface area contributed by atoms with Crippen LogP contribution in [0.15, 0.2) is 103 Å². The standard InChI is InChI=1S/C32H17BN2O2/c34-18-24-15-25(19-35)32-30-31(24)36-28-13-11-22(20-7-3-1-4-8-20)16-26(28)33(30)27-17-23(12-14-29(27)37-32)21-9-5-2-6-10-21/h1-17H. The van der Waals surface area contributed by atoms with Crippen LogP contribution in [0, 0.1) is 22.7 Å². The van der Waals surface area contributed by atoms with Crippen LogP contribution in [-0.2, 0) is 0 Å². The van der Waals surface area contributed by atoms with E-state index in [0.29, 0.717) is 34.1 Å². The van der Waals surface area contributed by atoms with Gasteiger partial charge in [-0.05, 0) is 51.4 Å². The van der Waals surface area contributed by atoms with Gasteiger partial charge in [0.1, 0.15) is 35.1 Å². The lowest BCUT2D eigenvalue weighted by molar-refractivity contribution is 0.462. The van der Waals surface area contributed by atoms with E-state index in [9.17, 15) is 10.5 Å². The molecule has 0 unspecified atom stereocenters. The Kier molecular flexibility index (Phi) is 4.64. The van der Waals surface area contributed by atoms with Gasteiger partial charge in [0.05, 0.1) is 11.1 Å². The van der Waals surface area contributed by atoms with Gasteiger partial charge in [-0.3, -0.25) is 0 Å². The summed E-state index contributed by atoms with van der Waals surface area (Å²) >= 11 is 0. The number of hydrogen-bond donors (Lipinski definition) is 0. The first kappa shape index (κ1) is 21.1. The summed E-state index contributed by atoms with van der Waals surface area (Å²) < 4.78 is 12.7. The highest BCUT2D eigenvalue weighted by Gasteiger charge is 2.42. The SMILES string of the molecule is N#Cc1cc(C#N)c2c3c1Oc1ccc(-c4ccccc4)cc1B3c1cc(-c3ccccc3)ccc1O2. The molecule has 2 aliphatic rings. The molecule has 0 radical (unpaired) electrons. The predicted molar refractivity (Wildman–Crippen MR) is 144 cm³/mol. The molecule has 4 nitrogen and oxygen atoms in total. The third-order valence-electron chi connectivity index (χ3n) is 7.08.